The van der Waals surface area contributed by atoms with Crippen LogP contribution in [-0.4, -0.2) is 70.9 Å². The number of carbonyl (C=O) groups is 3. The first-order valence-electron chi connectivity index (χ1n) is 12.2. The number of hydrogen-bond acceptors (Lipinski definition) is 9. The van der Waals surface area contributed by atoms with E-state index in [2.05, 4.69) is 23.7 Å². The maximum Gasteiger partial charge on any atom is 0.338 e. The quantitative estimate of drug-likeness (QED) is 0.363. The molecule has 2 unspecified atom stereocenters. The third kappa shape index (κ3) is 7.41. The van der Waals surface area contributed by atoms with Crippen LogP contribution in [-0.2, 0) is 33.3 Å². The molecule has 0 saturated carbocycles. The molecule has 9 nitrogen and oxygen atoms in total. The summed E-state index contributed by atoms with van der Waals surface area (Å²) < 4.78 is 32.1. The zero-order chi connectivity index (χ0) is 29.5. The van der Waals surface area contributed by atoms with Crippen LogP contribution in [0.2, 0.25) is 0 Å². The van der Waals surface area contributed by atoms with E-state index in [1.54, 1.807) is 48.8 Å². The van der Waals surface area contributed by atoms with Gasteiger partial charge in [-0.2, -0.15) is 0 Å². The maximum absolute atomic E-state index is 13.2. The number of ketones is 2. The summed E-state index contributed by atoms with van der Waals surface area (Å²) in [5.74, 6) is 8.75. The van der Waals surface area contributed by atoms with Crippen LogP contribution in [0.3, 0.4) is 0 Å². The number of rotatable bonds is 8. The average molecular weight is 541 g/mol. The Morgan fingerprint density at radius 2 is 1.26 bits per heavy atom. The van der Waals surface area contributed by atoms with Crippen molar-refractivity contribution in [2.24, 2.45) is 11.8 Å². The van der Waals surface area contributed by atoms with Gasteiger partial charge in [-0.25, -0.2) is 4.79 Å². The summed E-state index contributed by atoms with van der Waals surface area (Å²) in [5, 5.41) is 0. The van der Waals surface area contributed by atoms with Crippen LogP contribution in [0.25, 0.3) is 0 Å². The van der Waals surface area contributed by atoms with Crippen molar-refractivity contribution in [3.05, 3.63) is 40.3 Å². The summed E-state index contributed by atoms with van der Waals surface area (Å²) in [4.78, 5) is 38.8. The minimum Gasteiger partial charge on any atom is -0.494 e. The molecule has 9 heteroatoms. The molecule has 1 aliphatic carbocycles. The van der Waals surface area contributed by atoms with E-state index < -0.39 is 40.6 Å². The molecule has 1 aromatic carbocycles. The first-order valence-corrected chi connectivity index (χ1v) is 12.2. The topological polar surface area (TPSA) is 107 Å². The third-order valence-electron chi connectivity index (χ3n) is 6.36. The molecule has 39 heavy (non-hydrogen) atoms. The average Bonchev–Trinajstić information content (AvgIpc) is 2.91. The lowest BCUT2D eigenvalue weighted by Crippen LogP contribution is -2.40. The largest absolute Gasteiger partial charge is 0.494 e. The van der Waals surface area contributed by atoms with Crippen molar-refractivity contribution in [2.75, 3.05) is 42.2 Å². The van der Waals surface area contributed by atoms with E-state index in [0.717, 1.165) is 0 Å². The lowest BCUT2D eigenvalue weighted by atomic mass is 9.81. The highest BCUT2D eigenvalue weighted by molar-refractivity contribution is 6.11. The molecule has 0 spiro atoms. The molecule has 0 fully saturated rings. The first kappa shape index (κ1) is 31.4. The fraction of sp³-hybridized carbons (Fsp3) is 0.500. The Morgan fingerprint density at radius 3 is 1.67 bits per heavy atom. The van der Waals surface area contributed by atoms with Crippen molar-refractivity contribution in [3.63, 3.8) is 0 Å². The van der Waals surface area contributed by atoms with Crippen molar-refractivity contribution < 1.29 is 42.8 Å². The summed E-state index contributed by atoms with van der Waals surface area (Å²) >= 11 is 0. The van der Waals surface area contributed by atoms with Crippen LogP contribution < -0.4 is 4.74 Å². The first-order chi connectivity index (χ1) is 18.2. The smallest absolute Gasteiger partial charge is 0.338 e. The number of hydrogen-bond donors (Lipinski definition) is 0. The number of allylic oxidation sites excluding steroid dienone is 2. The van der Waals surface area contributed by atoms with E-state index in [4.69, 9.17) is 28.4 Å². The lowest BCUT2D eigenvalue weighted by Gasteiger charge is -2.28. The molecule has 0 heterocycles. The number of benzene rings is 1. The van der Waals surface area contributed by atoms with E-state index in [1.807, 2.05) is 0 Å². The van der Waals surface area contributed by atoms with Gasteiger partial charge in [0.1, 0.15) is 23.6 Å². The van der Waals surface area contributed by atoms with Crippen molar-refractivity contribution in [2.45, 2.75) is 45.8 Å². The fourth-order valence-corrected chi connectivity index (χ4v) is 3.55. The van der Waals surface area contributed by atoms with Gasteiger partial charge >= 0.3 is 5.97 Å². The summed E-state index contributed by atoms with van der Waals surface area (Å²) in [6, 6.07) is 3.04. The number of esters is 1. The predicted molar refractivity (Wildman–Crippen MR) is 143 cm³/mol. The van der Waals surface area contributed by atoms with E-state index in [1.165, 1.54) is 33.5 Å². The molecule has 0 N–H and O–H groups in total. The molecular weight excluding hydrogens is 504 g/mol. The maximum atomic E-state index is 13.2. The van der Waals surface area contributed by atoms with E-state index in [-0.39, 0.29) is 23.7 Å². The number of Topliss-reactive ketones (excluding diaryl/α,β-unsaturated/α-hetero) is 2. The van der Waals surface area contributed by atoms with Gasteiger partial charge in [0.2, 0.25) is 23.1 Å². The Labute approximate surface area is 230 Å². The van der Waals surface area contributed by atoms with Gasteiger partial charge in [-0.1, -0.05) is 30.6 Å². The molecule has 0 aliphatic heterocycles. The zero-order valence-electron chi connectivity index (χ0n) is 24.2. The van der Waals surface area contributed by atoms with Gasteiger partial charge in [0, 0.05) is 20.1 Å². The summed E-state index contributed by atoms with van der Waals surface area (Å²) in [5.41, 5.74) is -0.602. The van der Waals surface area contributed by atoms with E-state index in [0.29, 0.717) is 16.9 Å². The van der Waals surface area contributed by atoms with Crippen LogP contribution in [0.5, 0.6) is 5.75 Å². The van der Waals surface area contributed by atoms with Crippen molar-refractivity contribution >= 4 is 17.5 Å². The fourth-order valence-electron chi connectivity index (χ4n) is 3.55. The summed E-state index contributed by atoms with van der Waals surface area (Å²) in [7, 11) is 7.13. The number of ether oxygens (including phenoxy) is 6. The molecule has 0 bridgehead atoms. The summed E-state index contributed by atoms with van der Waals surface area (Å²) in [6.45, 7) is 8.44. The molecule has 0 amide bonds. The highest BCUT2D eigenvalue weighted by Crippen LogP contribution is 2.31. The molecule has 0 saturated heterocycles. The van der Waals surface area contributed by atoms with Crippen molar-refractivity contribution in [1.82, 2.24) is 0 Å². The van der Waals surface area contributed by atoms with Crippen LogP contribution >= 0.6 is 0 Å². The van der Waals surface area contributed by atoms with Gasteiger partial charge in [-0.15, -0.1) is 0 Å². The molecular formula is C30H36O9. The van der Waals surface area contributed by atoms with Crippen LogP contribution in [0, 0.1) is 35.5 Å². The normalized spacial score (nSPS) is 17.5. The molecule has 0 aromatic heterocycles. The lowest BCUT2D eigenvalue weighted by molar-refractivity contribution is -0.136. The Bertz CT molecular complexity index is 1220. The Morgan fingerprint density at radius 1 is 0.795 bits per heavy atom. The van der Waals surface area contributed by atoms with Gasteiger partial charge in [0.15, 0.2) is 0 Å². The minimum absolute atomic E-state index is 0.136. The Kier molecular flexibility index (Phi) is 10.3. The van der Waals surface area contributed by atoms with E-state index >= 15 is 0 Å². The number of methoxy groups -OCH3 is 5. The second-order valence-electron chi connectivity index (χ2n) is 9.82. The molecule has 210 valence electrons. The van der Waals surface area contributed by atoms with Crippen LogP contribution in [0.4, 0.5) is 0 Å². The van der Waals surface area contributed by atoms with E-state index in [9.17, 15) is 14.4 Å². The predicted octanol–water partition coefficient (Wildman–Crippen LogP) is 3.31. The van der Waals surface area contributed by atoms with Gasteiger partial charge in [0.05, 0.1) is 43.9 Å². The second-order valence-corrected chi connectivity index (χ2v) is 9.82. The SMILES string of the molecule is COC1=C(OC)C(=O)C(COC(=O)c2cc(C#CC(C)(C)OC)c(OC)c(C#CC(C)(C)OC)c2)C(C)C1=O. The van der Waals surface area contributed by atoms with Crippen molar-refractivity contribution in [1.29, 1.82) is 0 Å². The second kappa shape index (κ2) is 12.8. The van der Waals surface area contributed by atoms with Crippen LogP contribution in [0.1, 0.15) is 56.1 Å². The van der Waals surface area contributed by atoms with Gasteiger partial charge in [0.25, 0.3) is 0 Å². The van der Waals surface area contributed by atoms with Gasteiger partial charge in [-0.3, -0.25) is 9.59 Å². The Hall–Kier alpha value is -3.79. The minimum atomic E-state index is -0.933. The van der Waals surface area contributed by atoms with Crippen molar-refractivity contribution in [3.8, 4) is 29.4 Å². The molecule has 1 aromatic rings. The highest BCUT2D eigenvalue weighted by atomic mass is 16.5. The number of carbonyl (C=O) groups excluding carboxylic acids is 3. The third-order valence-corrected chi connectivity index (χ3v) is 6.36. The van der Waals surface area contributed by atoms with Crippen LogP contribution in [0.15, 0.2) is 23.7 Å². The Balaban J connectivity index is 2.51. The standard InChI is InChI=1S/C30H36O9/c1-18-22(24(32)27(36-8)26(35-7)23(18)31)17-39-28(33)21-15-19(11-13-29(2,3)37-9)25(34-6)20(16-21)12-14-30(4,5)38-10/h15-16,18,22H,17H2,1-10H3. The van der Waals surface area contributed by atoms with Gasteiger partial charge in [-0.05, 0) is 39.8 Å². The molecule has 0 radical (unpaired) electrons. The zero-order valence-corrected chi connectivity index (χ0v) is 24.2. The highest BCUT2D eigenvalue weighted by Gasteiger charge is 2.43. The molecule has 2 atom stereocenters. The van der Waals surface area contributed by atoms with Gasteiger partial charge < -0.3 is 28.4 Å². The summed E-state index contributed by atoms with van der Waals surface area (Å²) in [6.07, 6.45) is 0. The monoisotopic (exact) mass is 540 g/mol. The molecule has 2 rings (SSSR count). The molecule has 1 aliphatic rings.